The van der Waals surface area contributed by atoms with Crippen LogP contribution in [0.2, 0.25) is 30.8 Å². The number of para-hydroxylation sites is 1. The first-order chi connectivity index (χ1) is 13.5. The molecule has 156 valence electrons. The van der Waals surface area contributed by atoms with E-state index in [1.54, 1.807) is 35.0 Å². The summed E-state index contributed by atoms with van der Waals surface area (Å²) in [4.78, 5) is 4.35. The molecule has 0 amide bonds. The van der Waals surface area contributed by atoms with Crippen molar-refractivity contribution < 1.29 is 22.6 Å². The number of hydrogen-bond donors (Lipinski definition) is 0. The van der Waals surface area contributed by atoms with E-state index in [4.69, 9.17) is 16.3 Å². The van der Waals surface area contributed by atoms with Crippen LogP contribution in [-0.4, -0.2) is 30.6 Å². The smallest absolute Gasteiger partial charge is 0.405 e. The van der Waals surface area contributed by atoms with Gasteiger partial charge in [-0.25, -0.2) is 4.98 Å². The highest BCUT2D eigenvalue weighted by Crippen LogP contribution is 2.38. The molecule has 0 bridgehead atoms. The minimum atomic E-state index is -4.78. The quantitative estimate of drug-likeness (QED) is 0.236. The molecule has 4 nitrogen and oxygen atoms in total. The fraction of sp³-hybridized carbons (Fsp3) is 0.350. The third-order valence-electron chi connectivity index (χ3n) is 4.32. The summed E-state index contributed by atoms with van der Waals surface area (Å²) in [5.74, 6) is -0.270. The van der Waals surface area contributed by atoms with Crippen molar-refractivity contribution in [2.24, 2.45) is 0 Å². The maximum atomic E-state index is 12.8. The summed E-state index contributed by atoms with van der Waals surface area (Å²) < 4.78 is 50.3. The molecular weight excluding hydrogens is 421 g/mol. The molecule has 3 aromatic rings. The molecule has 0 unspecified atom stereocenters. The number of alkyl halides is 3. The van der Waals surface area contributed by atoms with Crippen molar-refractivity contribution in [2.75, 3.05) is 6.61 Å². The molecule has 2 heterocycles. The van der Waals surface area contributed by atoms with Gasteiger partial charge in [0.05, 0.1) is 0 Å². The number of rotatable bonds is 7. The van der Waals surface area contributed by atoms with Gasteiger partial charge in [-0.15, -0.1) is 13.2 Å². The largest absolute Gasteiger partial charge is 0.573 e. The Morgan fingerprint density at radius 1 is 1.07 bits per heavy atom. The van der Waals surface area contributed by atoms with Crippen LogP contribution < -0.4 is 4.74 Å². The van der Waals surface area contributed by atoms with Crippen LogP contribution in [0, 0.1) is 0 Å². The van der Waals surface area contributed by atoms with Gasteiger partial charge in [-0.1, -0.05) is 49.4 Å². The predicted octanol–water partition coefficient (Wildman–Crippen LogP) is 6.57. The van der Waals surface area contributed by atoms with E-state index in [1.807, 2.05) is 0 Å². The Bertz CT molecular complexity index is 1000. The van der Waals surface area contributed by atoms with Gasteiger partial charge in [0, 0.05) is 37.4 Å². The third-order valence-corrected chi connectivity index (χ3v) is 6.23. The Balaban J connectivity index is 1.98. The van der Waals surface area contributed by atoms with Crippen molar-refractivity contribution in [3.05, 3.63) is 47.7 Å². The van der Waals surface area contributed by atoms with Crippen LogP contribution in [0.25, 0.3) is 22.2 Å². The Hall–Kier alpha value is -2.03. The first-order valence-corrected chi connectivity index (χ1v) is 13.2. The van der Waals surface area contributed by atoms with Crippen LogP contribution >= 0.6 is 11.6 Å². The lowest BCUT2D eigenvalue weighted by atomic mass is 10.1. The molecule has 0 saturated heterocycles. The number of nitrogens with zero attached hydrogens (tertiary/aromatic N) is 2. The van der Waals surface area contributed by atoms with Gasteiger partial charge in [0.1, 0.15) is 23.3 Å². The first-order valence-electron chi connectivity index (χ1n) is 9.12. The number of benzene rings is 1. The van der Waals surface area contributed by atoms with Gasteiger partial charge in [0.25, 0.3) is 0 Å². The van der Waals surface area contributed by atoms with Gasteiger partial charge in [0.2, 0.25) is 0 Å². The highest BCUT2D eigenvalue weighted by atomic mass is 35.5. The van der Waals surface area contributed by atoms with Gasteiger partial charge in [0.15, 0.2) is 0 Å². The zero-order valence-corrected chi connectivity index (χ0v) is 18.1. The minimum Gasteiger partial charge on any atom is -0.405 e. The van der Waals surface area contributed by atoms with Gasteiger partial charge < -0.3 is 14.0 Å². The fourth-order valence-corrected chi connectivity index (χ4v) is 3.80. The molecule has 3 rings (SSSR count). The number of fused-ring (bicyclic) bond motifs is 1. The molecule has 0 aliphatic rings. The average Bonchev–Trinajstić information content (AvgIpc) is 2.95. The molecule has 2 aromatic heterocycles. The van der Waals surface area contributed by atoms with E-state index in [2.05, 4.69) is 29.4 Å². The van der Waals surface area contributed by atoms with Crippen LogP contribution in [-0.2, 0) is 11.5 Å². The zero-order valence-electron chi connectivity index (χ0n) is 16.4. The fourth-order valence-electron chi connectivity index (χ4n) is 2.90. The Morgan fingerprint density at radius 3 is 2.48 bits per heavy atom. The molecule has 0 saturated carbocycles. The summed E-state index contributed by atoms with van der Waals surface area (Å²) in [7, 11) is -1.23. The second-order valence-corrected chi connectivity index (χ2v) is 13.9. The SMILES string of the molecule is C[Si](C)(C)CCOCn1cc(-c2ccccc2OC(F)(F)F)c2ccc(Cl)nc21. The zero-order chi connectivity index (χ0) is 21.2. The highest BCUT2D eigenvalue weighted by Gasteiger charge is 2.32. The number of pyridine rings is 1. The second-order valence-electron chi connectivity index (χ2n) is 7.91. The van der Waals surface area contributed by atoms with Crippen molar-refractivity contribution in [2.45, 2.75) is 38.8 Å². The van der Waals surface area contributed by atoms with Crippen LogP contribution in [0.5, 0.6) is 5.75 Å². The van der Waals surface area contributed by atoms with Crippen molar-refractivity contribution in [1.29, 1.82) is 0 Å². The summed E-state index contributed by atoms with van der Waals surface area (Å²) in [6.45, 7) is 7.63. The van der Waals surface area contributed by atoms with Gasteiger partial charge in [-0.3, -0.25) is 0 Å². The summed E-state index contributed by atoms with van der Waals surface area (Å²) >= 11 is 6.05. The second kappa shape index (κ2) is 8.37. The van der Waals surface area contributed by atoms with Crippen LogP contribution in [0.15, 0.2) is 42.6 Å². The molecule has 29 heavy (non-hydrogen) atoms. The number of aromatic nitrogens is 2. The van der Waals surface area contributed by atoms with E-state index in [9.17, 15) is 13.2 Å². The van der Waals surface area contributed by atoms with Crippen LogP contribution in [0.3, 0.4) is 0 Å². The van der Waals surface area contributed by atoms with Crippen molar-refractivity contribution >= 4 is 30.7 Å². The van der Waals surface area contributed by atoms with E-state index in [-0.39, 0.29) is 12.5 Å². The molecular formula is C20H22ClF3N2O2Si. The van der Waals surface area contributed by atoms with E-state index in [0.717, 1.165) is 6.04 Å². The van der Waals surface area contributed by atoms with Crippen molar-refractivity contribution in [3.8, 4) is 16.9 Å². The molecule has 0 radical (unpaired) electrons. The average molecular weight is 443 g/mol. The Labute approximate surface area is 173 Å². The van der Waals surface area contributed by atoms with Gasteiger partial charge >= 0.3 is 6.36 Å². The summed E-state index contributed by atoms with van der Waals surface area (Å²) in [5.41, 5.74) is 1.43. The Kier molecular flexibility index (Phi) is 6.26. The standard InChI is InChI=1S/C20H22ClF3N2O2Si/c1-29(2,3)11-10-27-13-26-12-16(15-8-9-18(21)25-19(15)26)14-6-4-5-7-17(14)28-20(22,23)24/h4-9,12H,10-11,13H2,1-3H3. The molecule has 0 aliphatic carbocycles. The maximum Gasteiger partial charge on any atom is 0.573 e. The van der Waals surface area contributed by atoms with Crippen molar-refractivity contribution in [1.82, 2.24) is 9.55 Å². The molecule has 0 N–H and O–H groups in total. The van der Waals surface area contributed by atoms with E-state index >= 15 is 0 Å². The third kappa shape index (κ3) is 5.74. The van der Waals surface area contributed by atoms with Gasteiger partial charge in [-0.2, -0.15) is 0 Å². The number of hydrogen-bond acceptors (Lipinski definition) is 3. The molecule has 9 heteroatoms. The number of ether oxygens (including phenoxy) is 2. The molecule has 0 atom stereocenters. The summed E-state index contributed by atoms with van der Waals surface area (Å²) in [6.07, 6.45) is -3.06. The lowest BCUT2D eigenvalue weighted by Gasteiger charge is -2.15. The van der Waals surface area contributed by atoms with Crippen LogP contribution in [0.4, 0.5) is 13.2 Å². The first kappa shape index (κ1) is 21.7. The van der Waals surface area contributed by atoms with Crippen molar-refractivity contribution in [3.63, 3.8) is 0 Å². The highest BCUT2D eigenvalue weighted by molar-refractivity contribution is 6.76. The lowest BCUT2D eigenvalue weighted by Crippen LogP contribution is -2.22. The monoisotopic (exact) mass is 442 g/mol. The Morgan fingerprint density at radius 2 is 1.79 bits per heavy atom. The topological polar surface area (TPSA) is 36.3 Å². The van der Waals surface area contributed by atoms with E-state index in [0.29, 0.717) is 33.9 Å². The van der Waals surface area contributed by atoms with E-state index < -0.39 is 14.4 Å². The number of halogens is 4. The van der Waals surface area contributed by atoms with E-state index in [1.165, 1.54) is 12.1 Å². The summed E-state index contributed by atoms with van der Waals surface area (Å²) in [5, 5.41) is 0.965. The van der Waals surface area contributed by atoms with Crippen LogP contribution in [0.1, 0.15) is 0 Å². The predicted molar refractivity (Wildman–Crippen MR) is 111 cm³/mol. The molecule has 1 aromatic carbocycles. The normalized spacial score (nSPS) is 12.5. The minimum absolute atomic E-state index is 0.233. The lowest BCUT2D eigenvalue weighted by molar-refractivity contribution is -0.274. The molecule has 0 fully saturated rings. The molecule has 0 aliphatic heterocycles. The maximum absolute atomic E-state index is 12.8. The van der Waals surface area contributed by atoms with Gasteiger partial charge in [-0.05, 0) is 24.2 Å². The summed E-state index contributed by atoms with van der Waals surface area (Å²) in [6, 6.07) is 10.4. The molecule has 0 spiro atoms.